The number of hydrogen-bond acceptors (Lipinski definition) is 6. The molecule has 1 aliphatic rings. The molecule has 0 spiro atoms. The molecule has 3 aromatic rings. The molecule has 2 amide bonds. The van der Waals surface area contributed by atoms with Gasteiger partial charge < -0.3 is 24.2 Å². The molecular formula is C34H44ClN3O6Si. The number of carbonyl (C=O) groups excluding carboxylic acids is 2. The molecule has 2 aromatic carbocycles. The van der Waals surface area contributed by atoms with Gasteiger partial charge in [-0.15, -0.1) is 0 Å². The average molecular weight is 654 g/mol. The van der Waals surface area contributed by atoms with Crippen molar-refractivity contribution in [1.29, 1.82) is 0 Å². The van der Waals surface area contributed by atoms with E-state index >= 15 is 0 Å². The number of amides is 2. The third kappa shape index (κ3) is 8.62. The van der Waals surface area contributed by atoms with Crippen LogP contribution in [0.4, 0.5) is 0 Å². The van der Waals surface area contributed by atoms with Gasteiger partial charge in [0.1, 0.15) is 12.3 Å². The molecule has 2 N–H and O–H groups in total. The Hall–Kier alpha value is -3.47. The summed E-state index contributed by atoms with van der Waals surface area (Å²) in [5, 5.41) is 12.8. The van der Waals surface area contributed by atoms with Gasteiger partial charge in [0.15, 0.2) is 14.0 Å². The molecule has 0 saturated carbocycles. The number of nitrogens with one attached hydrogen (secondary N) is 1. The van der Waals surface area contributed by atoms with Crippen molar-refractivity contribution in [3.8, 4) is 0 Å². The number of carbonyl (C=O) groups is 3. The summed E-state index contributed by atoms with van der Waals surface area (Å²) in [6.45, 7) is 11.9. The fourth-order valence-corrected chi connectivity index (χ4v) is 8.09. The highest BCUT2D eigenvalue weighted by atomic mass is 35.5. The van der Waals surface area contributed by atoms with Crippen LogP contribution in [-0.4, -0.2) is 60.3 Å². The lowest BCUT2D eigenvalue weighted by Gasteiger charge is -2.41. The maximum atomic E-state index is 14.1. The number of carboxylic acids is 1. The number of nitrogens with zero attached hydrogens (tertiary/aromatic N) is 2. The normalized spacial score (nSPS) is 17.0. The third-order valence-corrected chi connectivity index (χ3v) is 13.7. The van der Waals surface area contributed by atoms with Crippen molar-refractivity contribution >= 4 is 37.7 Å². The largest absolute Gasteiger partial charge is 0.481 e. The van der Waals surface area contributed by atoms with Crippen molar-refractivity contribution in [3.05, 3.63) is 88.1 Å². The number of aryl methyl sites for hydroxylation is 1. The van der Waals surface area contributed by atoms with E-state index in [9.17, 15) is 19.5 Å². The summed E-state index contributed by atoms with van der Waals surface area (Å²) in [5.41, 5.74) is 2.29. The molecule has 1 aliphatic heterocycles. The monoisotopic (exact) mass is 653 g/mol. The van der Waals surface area contributed by atoms with Gasteiger partial charge in [-0.05, 0) is 66.7 Å². The van der Waals surface area contributed by atoms with E-state index in [0.29, 0.717) is 42.1 Å². The number of benzene rings is 2. The molecule has 0 aliphatic carbocycles. The predicted octanol–water partition coefficient (Wildman–Crippen LogP) is 7.08. The van der Waals surface area contributed by atoms with Gasteiger partial charge in [-0.3, -0.25) is 14.4 Å². The number of likely N-dealkylation sites (tertiary alicyclic amines) is 1. The smallest absolute Gasteiger partial charge is 0.303 e. The Kier molecular flexibility index (Phi) is 11.3. The Morgan fingerprint density at radius 3 is 2.53 bits per heavy atom. The Labute approximate surface area is 271 Å². The summed E-state index contributed by atoms with van der Waals surface area (Å²) in [6.07, 6.45) is 4.44. The summed E-state index contributed by atoms with van der Waals surface area (Å²) in [7, 11) is -2.21. The van der Waals surface area contributed by atoms with Crippen molar-refractivity contribution in [2.24, 2.45) is 0 Å². The Morgan fingerprint density at radius 2 is 1.84 bits per heavy atom. The van der Waals surface area contributed by atoms with E-state index in [-0.39, 0.29) is 47.4 Å². The average Bonchev–Trinajstić information content (AvgIpc) is 3.64. The first-order chi connectivity index (χ1) is 21.3. The van der Waals surface area contributed by atoms with E-state index in [1.807, 2.05) is 24.3 Å². The Bertz CT molecular complexity index is 1490. The molecule has 2 heterocycles. The number of aliphatic carboxylic acids is 1. The summed E-state index contributed by atoms with van der Waals surface area (Å²) in [6, 6.07) is 14.0. The van der Waals surface area contributed by atoms with E-state index in [1.54, 1.807) is 29.2 Å². The van der Waals surface area contributed by atoms with Gasteiger partial charge in [-0.25, -0.2) is 4.98 Å². The van der Waals surface area contributed by atoms with E-state index in [4.69, 9.17) is 20.4 Å². The maximum absolute atomic E-state index is 14.1. The number of hydrogen-bond donors (Lipinski definition) is 2. The van der Waals surface area contributed by atoms with Crippen LogP contribution >= 0.6 is 11.6 Å². The summed E-state index contributed by atoms with van der Waals surface area (Å²) >= 11 is 5.96. The van der Waals surface area contributed by atoms with Gasteiger partial charge in [0, 0.05) is 36.5 Å². The Balaban J connectivity index is 1.55. The second-order valence-electron chi connectivity index (χ2n) is 12.8. The zero-order chi connectivity index (χ0) is 32.8. The lowest BCUT2D eigenvalue weighted by molar-refractivity contribution is -0.136. The number of aromatic nitrogens is 1. The number of oxazole rings is 1. The van der Waals surface area contributed by atoms with Crippen LogP contribution in [0.25, 0.3) is 0 Å². The van der Waals surface area contributed by atoms with Gasteiger partial charge in [-0.1, -0.05) is 69.1 Å². The quantitative estimate of drug-likeness (QED) is 0.178. The molecule has 242 valence electrons. The highest BCUT2D eigenvalue weighted by Gasteiger charge is 2.47. The van der Waals surface area contributed by atoms with E-state index in [1.165, 1.54) is 6.26 Å². The molecule has 45 heavy (non-hydrogen) atoms. The summed E-state index contributed by atoms with van der Waals surface area (Å²) < 4.78 is 12.7. The Morgan fingerprint density at radius 1 is 1.13 bits per heavy atom. The van der Waals surface area contributed by atoms with E-state index < -0.39 is 20.3 Å². The molecule has 4 rings (SSSR count). The van der Waals surface area contributed by atoms with Crippen LogP contribution in [-0.2, 0) is 22.1 Å². The number of carboxylic acid groups (broad SMARTS) is 1. The SMILES string of the molecule is CCCC(C)(C)[Si](C)(C)O[C@H]1C[C@@H](c2nc(C(=O)NCCc3ccc(Cl)cc3)co2)N(C(=O)c2ccccc2CCC(=O)O)C1. The topological polar surface area (TPSA) is 122 Å². The van der Waals surface area contributed by atoms with Crippen LogP contribution in [0.2, 0.25) is 23.2 Å². The van der Waals surface area contributed by atoms with E-state index in [0.717, 1.165) is 18.4 Å². The van der Waals surface area contributed by atoms with Crippen LogP contribution in [0.15, 0.2) is 59.2 Å². The lowest BCUT2D eigenvalue weighted by Crippen LogP contribution is -2.46. The van der Waals surface area contributed by atoms with E-state index in [2.05, 4.69) is 44.2 Å². The van der Waals surface area contributed by atoms with Crippen molar-refractivity contribution in [2.45, 2.75) is 89.6 Å². The second kappa shape index (κ2) is 14.7. The molecule has 2 atom stereocenters. The molecule has 9 nitrogen and oxygen atoms in total. The molecular weight excluding hydrogens is 610 g/mol. The fraction of sp³-hybridized carbons (Fsp3) is 0.471. The first-order valence-electron chi connectivity index (χ1n) is 15.6. The van der Waals surface area contributed by atoms with Crippen LogP contribution < -0.4 is 5.32 Å². The molecule has 1 saturated heterocycles. The molecule has 0 radical (unpaired) electrons. The zero-order valence-electron chi connectivity index (χ0n) is 26.8. The minimum absolute atomic E-state index is 0.0261. The lowest BCUT2D eigenvalue weighted by atomic mass is 10.0. The number of halogens is 1. The highest BCUT2D eigenvalue weighted by molar-refractivity contribution is 6.74. The summed E-state index contributed by atoms with van der Waals surface area (Å²) in [4.78, 5) is 44.6. The van der Waals surface area contributed by atoms with Gasteiger partial charge in [0.05, 0.1) is 6.10 Å². The van der Waals surface area contributed by atoms with Crippen molar-refractivity contribution in [1.82, 2.24) is 15.2 Å². The first kappa shape index (κ1) is 34.4. The molecule has 11 heteroatoms. The predicted molar refractivity (Wildman–Crippen MR) is 176 cm³/mol. The van der Waals surface area contributed by atoms with Crippen molar-refractivity contribution < 1.29 is 28.3 Å². The minimum Gasteiger partial charge on any atom is -0.481 e. The van der Waals surface area contributed by atoms with Gasteiger partial charge in [-0.2, -0.15) is 0 Å². The van der Waals surface area contributed by atoms with Crippen molar-refractivity contribution in [3.63, 3.8) is 0 Å². The molecule has 0 bridgehead atoms. The van der Waals surface area contributed by atoms with Crippen LogP contribution in [0.3, 0.4) is 0 Å². The third-order valence-electron chi connectivity index (χ3n) is 9.00. The van der Waals surface area contributed by atoms with Gasteiger partial charge >= 0.3 is 5.97 Å². The molecule has 1 aromatic heterocycles. The van der Waals surface area contributed by atoms with Gasteiger partial charge in [0.25, 0.3) is 11.8 Å². The first-order valence-corrected chi connectivity index (χ1v) is 18.9. The maximum Gasteiger partial charge on any atom is 0.303 e. The van der Waals surface area contributed by atoms with Crippen LogP contribution in [0, 0.1) is 0 Å². The summed E-state index contributed by atoms with van der Waals surface area (Å²) in [5.74, 6) is -1.26. The second-order valence-corrected chi connectivity index (χ2v) is 17.9. The molecule has 0 unspecified atom stereocenters. The van der Waals surface area contributed by atoms with Crippen LogP contribution in [0.1, 0.15) is 90.4 Å². The number of rotatable bonds is 14. The highest BCUT2D eigenvalue weighted by Crippen LogP contribution is 2.45. The van der Waals surface area contributed by atoms with Crippen molar-refractivity contribution in [2.75, 3.05) is 13.1 Å². The van der Waals surface area contributed by atoms with Gasteiger partial charge in [0.2, 0.25) is 5.89 Å². The standard InChI is InChI=1S/C34H44ClN3O6Si/c1-6-18-34(2,3)45(4,5)44-26-20-29(38(21-26)33(42)27-10-8-7-9-24(27)13-16-30(39)40)32-37-28(22-43-32)31(41)36-19-17-23-11-14-25(35)15-12-23/h7-12,14-15,22,26,29H,6,13,16-21H2,1-5H3,(H,36,41)(H,39,40)/t26-,29-/m0/s1. The fourth-order valence-electron chi connectivity index (χ4n) is 5.79. The minimum atomic E-state index is -2.21. The molecule has 1 fully saturated rings. The zero-order valence-corrected chi connectivity index (χ0v) is 28.5. The van der Waals surface area contributed by atoms with Crippen LogP contribution in [0.5, 0.6) is 0 Å².